The second kappa shape index (κ2) is 8.46. The predicted molar refractivity (Wildman–Crippen MR) is 96.8 cm³/mol. The summed E-state index contributed by atoms with van der Waals surface area (Å²) >= 11 is 0. The zero-order chi connectivity index (χ0) is 19.3. The van der Waals surface area contributed by atoms with Crippen molar-refractivity contribution >= 4 is 15.7 Å². The molecule has 0 saturated carbocycles. The van der Waals surface area contributed by atoms with Gasteiger partial charge in [-0.25, -0.2) is 17.2 Å². The van der Waals surface area contributed by atoms with Crippen LogP contribution in [-0.4, -0.2) is 32.9 Å². The van der Waals surface area contributed by atoms with Gasteiger partial charge in [-0.2, -0.15) is 4.31 Å². The molecule has 1 N–H and O–H groups in total. The molecule has 142 valence electrons. The van der Waals surface area contributed by atoms with E-state index in [1.165, 1.54) is 41.7 Å². The van der Waals surface area contributed by atoms with E-state index < -0.39 is 21.7 Å². The maximum Gasteiger partial charge on any atom is 0.243 e. The molecule has 2 aromatic carbocycles. The molecule has 26 heavy (non-hydrogen) atoms. The van der Waals surface area contributed by atoms with Crippen LogP contribution in [-0.2, 0) is 16.6 Å². The molecule has 0 aromatic heterocycles. The van der Waals surface area contributed by atoms with Crippen LogP contribution in [0.2, 0.25) is 0 Å². The van der Waals surface area contributed by atoms with Crippen LogP contribution in [0.4, 0.5) is 14.5 Å². The fraction of sp³-hybridized carbons (Fsp3) is 0.333. The maximum atomic E-state index is 13.8. The molecule has 0 atom stereocenters. The number of halogens is 2. The van der Waals surface area contributed by atoms with E-state index in [0.29, 0.717) is 24.5 Å². The van der Waals surface area contributed by atoms with Crippen LogP contribution < -0.4 is 10.1 Å². The van der Waals surface area contributed by atoms with Crippen LogP contribution >= 0.6 is 0 Å². The lowest BCUT2D eigenvalue weighted by Crippen LogP contribution is -2.30. The van der Waals surface area contributed by atoms with Crippen molar-refractivity contribution < 1.29 is 21.9 Å². The van der Waals surface area contributed by atoms with Gasteiger partial charge in [-0.1, -0.05) is 26.0 Å². The summed E-state index contributed by atoms with van der Waals surface area (Å²) in [6.07, 6.45) is 0. The number of benzene rings is 2. The fourth-order valence-electron chi connectivity index (χ4n) is 2.57. The molecule has 2 rings (SSSR count). The zero-order valence-corrected chi connectivity index (χ0v) is 15.7. The zero-order valence-electron chi connectivity index (χ0n) is 14.9. The normalized spacial score (nSPS) is 11.6. The lowest BCUT2D eigenvalue weighted by atomic mass is 10.2. The van der Waals surface area contributed by atoms with Crippen molar-refractivity contribution in [2.24, 2.45) is 0 Å². The predicted octanol–water partition coefficient (Wildman–Crippen LogP) is 3.62. The summed E-state index contributed by atoms with van der Waals surface area (Å²) < 4.78 is 59.0. The Morgan fingerprint density at radius 1 is 1.12 bits per heavy atom. The van der Waals surface area contributed by atoms with Gasteiger partial charge in [-0.3, -0.25) is 0 Å². The fourth-order valence-corrected chi connectivity index (χ4v) is 4.06. The van der Waals surface area contributed by atoms with Crippen molar-refractivity contribution in [2.75, 3.05) is 25.5 Å². The van der Waals surface area contributed by atoms with Gasteiger partial charge in [0, 0.05) is 25.2 Å². The molecule has 0 spiro atoms. The summed E-state index contributed by atoms with van der Waals surface area (Å²) in [5.41, 5.74) is 0.508. The largest absolute Gasteiger partial charge is 0.495 e. The monoisotopic (exact) mass is 384 g/mol. The van der Waals surface area contributed by atoms with E-state index in [1.54, 1.807) is 13.8 Å². The Morgan fingerprint density at radius 2 is 1.81 bits per heavy atom. The summed E-state index contributed by atoms with van der Waals surface area (Å²) in [5.74, 6) is -1.47. The second-order valence-corrected chi connectivity index (χ2v) is 7.46. The van der Waals surface area contributed by atoms with Crippen molar-refractivity contribution in [3.05, 3.63) is 53.6 Å². The lowest BCUT2D eigenvalue weighted by Gasteiger charge is -2.20. The topological polar surface area (TPSA) is 58.6 Å². The Labute approximate surface area is 152 Å². The van der Waals surface area contributed by atoms with Crippen LogP contribution in [0.1, 0.15) is 19.4 Å². The van der Waals surface area contributed by atoms with Crippen molar-refractivity contribution in [2.45, 2.75) is 25.3 Å². The summed E-state index contributed by atoms with van der Waals surface area (Å²) in [6.45, 7) is 4.20. The molecule has 0 saturated heterocycles. The highest BCUT2D eigenvalue weighted by Crippen LogP contribution is 2.29. The first-order chi connectivity index (χ1) is 12.3. The smallest absolute Gasteiger partial charge is 0.243 e. The van der Waals surface area contributed by atoms with Gasteiger partial charge in [0.2, 0.25) is 10.0 Å². The van der Waals surface area contributed by atoms with E-state index in [1.807, 2.05) is 0 Å². The molecule has 0 aliphatic rings. The number of sulfonamides is 1. The number of hydrogen-bond acceptors (Lipinski definition) is 4. The first kappa shape index (κ1) is 20.1. The van der Waals surface area contributed by atoms with Gasteiger partial charge >= 0.3 is 0 Å². The Balaban J connectivity index is 2.34. The lowest BCUT2D eigenvalue weighted by molar-refractivity contribution is 0.415. The Bertz CT molecular complexity index is 869. The minimum Gasteiger partial charge on any atom is -0.495 e. The molecule has 0 aliphatic heterocycles. The number of hydrogen-bond donors (Lipinski definition) is 1. The van der Waals surface area contributed by atoms with Gasteiger partial charge < -0.3 is 10.1 Å². The molecule has 8 heteroatoms. The highest BCUT2D eigenvalue weighted by Gasteiger charge is 2.23. The number of ether oxygens (including phenoxy) is 1. The number of methoxy groups -OCH3 is 1. The Hall–Kier alpha value is -2.19. The van der Waals surface area contributed by atoms with Gasteiger partial charge in [0.05, 0.1) is 17.7 Å². The summed E-state index contributed by atoms with van der Waals surface area (Å²) in [4.78, 5) is 0.101. The van der Waals surface area contributed by atoms with E-state index in [4.69, 9.17) is 4.74 Å². The van der Waals surface area contributed by atoms with Gasteiger partial charge in [0.15, 0.2) is 11.6 Å². The summed E-state index contributed by atoms with van der Waals surface area (Å²) in [5, 5.41) is 2.92. The second-order valence-electron chi connectivity index (χ2n) is 5.52. The van der Waals surface area contributed by atoms with Crippen molar-refractivity contribution in [3.8, 4) is 5.75 Å². The van der Waals surface area contributed by atoms with Crippen molar-refractivity contribution in [3.63, 3.8) is 0 Å². The first-order valence-electron chi connectivity index (χ1n) is 8.20. The minimum absolute atomic E-state index is 0.0191. The summed E-state index contributed by atoms with van der Waals surface area (Å²) in [7, 11) is -2.20. The van der Waals surface area contributed by atoms with Crippen molar-refractivity contribution in [1.82, 2.24) is 4.31 Å². The van der Waals surface area contributed by atoms with Gasteiger partial charge in [-0.05, 0) is 24.3 Å². The standard InChI is InChI=1S/C18H22F2N2O3S/c1-4-22(5-2)26(23,24)14-9-10-17(25-3)16(11-14)21-12-13-7-6-8-15(19)18(13)20/h6-11,21H,4-5,12H2,1-3H3. The highest BCUT2D eigenvalue weighted by atomic mass is 32.2. The van der Waals surface area contributed by atoms with Gasteiger partial charge in [0.1, 0.15) is 5.75 Å². The van der Waals surface area contributed by atoms with Crippen LogP contribution in [0.3, 0.4) is 0 Å². The Kier molecular flexibility index (Phi) is 6.55. The average Bonchev–Trinajstić information content (AvgIpc) is 2.63. The first-order valence-corrected chi connectivity index (χ1v) is 9.64. The van der Waals surface area contributed by atoms with E-state index in [9.17, 15) is 17.2 Å². The molecule has 0 bridgehead atoms. The van der Waals surface area contributed by atoms with Crippen LogP contribution in [0.15, 0.2) is 41.3 Å². The number of rotatable bonds is 8. The molecule has 0 amide bonds. The third-order valence-electron chi connectivity index (χ3n) is 4.01. The molecular formula is C18H22F2N2O3S. The quantitative estimate of drug-likeness (QED) is 0.755. The molecule has 2 aromatic rings. The Morgan fingerprint density at radius 3 is 2.42 bits per heavy atom. The molecule has 0 aliphatic carbocycles. The van der Waals surface area contributed by atoms with Gasteiger partial charge in [0.25, 0.3) is 0 Å². The minimum atomic E-state index is -3.64. The van der Waals surface area contributed by atoms with Crippen LogP contribution in [0, 0.1) is 11.6 Å². The molecule has 0 heterocycles. The van der Waals surface area contributed by atoms with E-state index in [2.05, 4.69) is 5.32 Å². The number of nitrogens with zero attached hydrogens (tertiary/aromatic N) is 1. The SMILES string of the molecule is CCN(CC)S(=O)(=O)c1ccc(OC)c(NCc2cccc(F)c2F)c1. The van der Waals surface area contributed by atoms with Crippen LogP contribution in [0.5, 0.6) is 5.75 Å². The third kappa shape index (κ3) is 4.13. The van der Waals surface area contributed by atoms with Gasteiger partial charge in [-0.15, -0.1) is 0 Å². The number of anilines is 1. The average molecular weight is 384 g/mol. The highest BCUT2D eigenvalue weighted by molar-refractivity contribution is 7.89. The number of nitrogens with one attached hydrogen (secondary N) is 1. The van der Waals surface area contributed by atoms with Crippen molar-refractivity contribution in [1.29, 1.82) is 0 Å². The third-order valence-corrected chi connectivity index (χ3v) is 6.06. The molecule has 0 fully saturated rings. The van der Waals surface area contributed by atoms with E-state index >= 15 is 0 Å². The van der Waals surface area contributed by atoms with E-state index in [-0.39, 0.29) is 17.0 Å². The summed E-state index contributed by atoms with van der Waals surface area (Å²) in [6, 6.07) is 8.32. The molecule has 5 nitrogen and oxygen atoms in total. The van der Waals surface area contributed by atoms with Crippen LogP contribution in [0.25, 0.3) is 0 Å². The molecule has 0 radical (unpaired) electrons. The molecular weight excluding hydrogens is 362 g/mol. The molecule has 0 unspecified atom stereocenters. The maximum absolute atomic E-state index is 13.8. The van der Waals surface area contributed by atoms with E-state index in [0.717, 1.165) is 6.07 Å².